The molecule has 1 aromatic carbocycles. The summed E-state index contributed by atoms with van der Waals surface area (Å²) in [6.07, 6.45) is 7.20. The first-order valence-electron chi connectivity index (χ1n) is 11.8. The third-order valence-corrected chi connectivity index (χ3v) is 6.20. The lowest BCUT2D eigenvalue weighted by Crippen LogP contribution is -2.26. The number of rotatable bonds is 7. The smallest absolute Gasteiger partial charge is 0.256 e. The molecule has 0 radical (unpaired) electrons. The third-order valence-electron chi connectivity index (χ3n) is 6.20. The molecule has 9 heteroatoms. The molecule has 1 aliphatic heterocycles. The lowest BCUT2D eigenvalue weighted by atomic mass is 10.1. The average molecular weight is 483 g/mol. The van der Waals surface area contributed by atoms with Crippen molar-refractivity contribution < 1.29 is 14.3 Å². The molecule has 0 saturated carbocycles. The lowest BCUT2D eigenvalue weighted by Gasteiger charge is -2.14. The molecule has 1 N–H and O–H groups in total. The van der Waals surface area contributed by atoms with Crippen molar-refractivity contribution in [3.8, 4) is 17.1 Å². The minimum atomic E-state index is -0.242. The molecule has 1 atom stereocenters. The Labute approximate surface area is 208 Å². The summed E-state index contributed by atoms with van der Waals surface area (Å²) < 4.78 is 7.86. The molecule has 1 aliphatic rings. The minimum Gasteiger partial charge on any atom is -0.478 e. The fraction of sp³-hybridized carbons (Fsp3) is 0.222. The van der Waals surface area contributed by atoms with Gasteiger partial charge in [0, 0.05) is 36.3 Å². The monoisotopic (exact) mass is 482 g/mol. The van der Waals surface area contributed by atoms with E-state index in [1.165, 1.54) is 6.08 Å². The van der Waals surface area contributed by atoms with Crippen molar-refractivity contribution in [2.45, 2.75) is 19.3 Å². The third kappa shape index (κ3) is 4.43. The first kappa shape index (κ1) is 23.2. The van der Waals surface area contributed by atoms with E-state index in [0.717, 1.165) is 29.0 Å². The summed E-state index contributed by atoms with van der Waals surface area (Å²) in [5, 5.41) is 2.79. The van der Waals surface area contributed by atoms with E-state index in [1.54, 1.807) is 47.8 Å². The van der Waals surface area contributed by atoms with Crippen LogP contribution in [-0.4, -0.2) is 55.8 Å². The van der Waals surface area contributed by atoms with Crippen LogP contribution in [0.25, 0.3) is 16.8 Å². The van der Waals surface area contributed by atoms with Crippen molar-refractivity contribution in [2.75, 3.05) is 25.0 Å². The van der Waals surface area contributed by atoms with Crippen molar-refractivity contribution in [3.05, 3.63) is 85.1 Å². The van der Waals surface area contributed by atoms with E-state index in [1.807, 2.05) is 29.5 Å². The largest absolute Gasteiger partial charge is 0.478 e. The number of nitrogens with zero attached hydrogens (tertiary/aromatic N) is 5. The van der Waals surface area contributed by atoms with Crippen molar-refractivity contribution in [1.29, 1.82) is 0 Å². The lowest BCUT2D eigenvalue weighted by molar-refractivity contribution is -0.125. The van der Waals surface area contributed by atoms with E-state index in [9.17, 15) is 9.59 Å². The highest BCUT2D eigenvalue weighted by atomic mass is 16.5. The molecule has 1 fully saturated rings. The van der Waals surface area contributed by atoms with Gasteiger partial charge in [0.15, 0.2) is 0 Å². The minimum absolute atomic E-state index is 0.0418. The van der Waals surface area contributed by atoms with Gasteiger partial charge in [-0.2, -0.15) is 0 Å². The molecule has 9 nitrogen and oxygen atoms in total. The van der Waals surface area contributed by atoms with Crippen LogP contribution in [0.1, 0.15) is 35.4 Å². The van der Waals surface area contributed by atoms with Gasteiger partial charge in [0.2, 0.25) is 11.8 Å². The number of hydrogen-bond acceptors (Lipinski definition) is 6. The van der Waals surface area contributed by atoms with Gasteiger partial charge in [-0.3, -0.25) is 19.0 Å². The van der Waals surface area contributed by atoms with Gasteiger partial charge in [0.25, 0.3) is 5.91 Å². The van der Waals surface area contributed by atoms with Crippen LogP contribution in [0, 0.1) is 0 Å². The summed E-state index contributed by atoms with van der Waals surface area (Å²) in [5.74, 6) is 1.64. The van der Waals surface area contributed by atoms with Crippen LogP contribution in [0.3, 0.4) is 0 Å². The Hall–Kier alpha value is -4.53. The van der Waals surface area contributed by atoms with Gasteiger partial charge in [-0.25, -0.2) is 9.97 Å². The van der Waals surface area contributed by atoms with Crippen molar-refractivity contribution in [2.24, 2.45) is 0 Å². The Balaban J connectivity index is 1.49. The van der Waals surface area contributed by atoms with E-state index in [4.69, 9.17) is 9.72 Å². The number of carbonyl (C=O) groups excluding carboxylic acids is 2. The van der Waals surface area contributed by atoms with Gasteiger partial charge in [-0.15, -0.1) is 0 Å². The molecule has 1 saturated heterocycles. The van der Waals surface area contributed by atoms with Gasteiger partial charge in [0.05, 0.1) is 30.2 Å². The normalized spacial score (nSPS) is 15.1. The summed E-state index contributed by atoms with van der Waals surface area (Å²) in [7, 11) is 0. The Morgan fingerprint density at radius 2 is 2.03 bits per heavy atom. The Bertz CT molecular complexity index is 1410. The highest BCUT2D eigenvalue weighted by Gasteiger charge is 2.31. The highest BCUT2D eigenvalue weighted by Crippen LogP contribution is 2.34. The maximum absolute atomic E-state index is 12.6. The van der Waals surface area contributed by atoms with Crippen LogP contribution >= 0.6 is 0 Å². The fourth-order valence-corrected chi connectivity index (χ4v) is 4.47. The molecule has 0 unspecified atom stereocenters. The van der Waals surface area contributed by atoms with Crippen LogP contribution in [0.15, 0.2) is 73.7 Å². The number of hydrogen-bond donors (Lipinski definition) is 1. The van der Waals surface area contributed by atoms with E-state index in [-0.39, 0.29) is 17.7 Å². The molecule has 4 aromatic rings. The van der Waals surface area contributed by atoms with Gasteiger partial charge in [0.1, 0.15) is 11.6 Å². The van der Waals surface area contributed by atoms with Crippen LogP contribution in [0.5, 0.6) is 5.88 Å². The predicted octanol–water partition coefficient (Wildman–Crippen LogP) is 3.94. The van der Waals surface area contributed by atoms with Gasteiger partial charge >= 0.3 is 0 Å². The summed E-state index contributed by atoms with van der Waals surface area (Å²) in [6, 6.07) is 12.6. The van der Waals surface area contributed by atoms with Crippen molar-refractivity contribution in [1.82, 2.24) is 24.3 Å². The topological polar surface area (TPSA) is 102 Å². The highest BCUT2D eigenvalue weighted by molar-refractivity contribution is 6.04. The SMILES string of the molecule is C=CC(=O)N1CC[C@@H](c2nc(-c3ccc(C(=O)Nc4ccccn4)cc3)c3cncc(OCC)n23)C1. The van der Waals surface area contributed by atoms with Crippen molar-refractivity contribution >= 4 is 23.1 Å². The number of ether oxygens (including phenoxy) is 1. The summed E-state index contributed by atoms with van der Waals surface area (Å²) in [5.41, 5.74) is 2.90. The van der Waals surface area contributed by atoms with E-state index >= 15 is 0 Å². The molecule has 5 rings (SSSR count). The second-order valence-corrected chi connectivity index (χ2v) is 8.44. The second kappa shape index (κ2) is 9.99. The zero-order valence-electron chi connectivity index (χ0n) is 19.9. The maximum atomic E-state index is 12.6. The van der Waals surface area contributed by atoms with Gasteiger partial charge < -0.3 is 15.0 Å². The number of likely N-dealkylation sites (tertiary alicyclic amines) is 1. The van der Waals surface area contributed by atoms with E-state index < -0.39 is 0 Å². The van der Waals surface area contributed by atoms with Crippen LogP contribution < -0.4 is 10.1 Å². The van der Waals surface area contributed by atoms with Crippen molar-refractivity contribution in [3.63, 3.8) is 0 Å². The Kier molecular flexibility index (Phi) is 6.44. The molecular weight excluding hydrogens is 456 g/mol. The zero-order chi connectivity index (χ0) is 25.1. The molecule has 2 amide bonds. The first-order valence-corrected chi connectivity index (χ1v) is 11.8. The molecule has 0 aliphatic carbocycles. The number of pyridine rings is 1. The van der Waals surface area contributed by atoms with E-state index in [2.05, 4.69) is 21.9 Å². The number of anilines is 1. The number of carbonyl (C=O) groups is 2. The zero-order valence-corrected chi connectivity index (χ0v) is 19.9. The molecule has 0 spiro atoms. The predicted molar refractivity (Wildman–Crippen MR) is 136 cm³/mol. The number of nitrogens with one attached hydrogen (secondary N) is 1. The maximum Gasteiger partial charge on any atom is 0.256 e. The van der Waals surface area contributed by atoms with Crippen LogP contribution in [-0.2, 0) is 4.79 Å². The molecule has 0 bridgehead atoms. The molecule has 182 valence electrons. The summed E-state index contributed by atoms with van der Waals surface area (Å²) in [4.78, 5) is 40.1. The molecule has 3 aromatic heterocycles. The standard InChI is InChI=1S/C27H26N6O3/c1-3-23(34)32-14-12-20(17-32)26-31-25(21-15-28-16-24(33(21)26)36-4-2)18-8-10-19(11-9-18)27(35)30-22-7-5-6-13-29-22/h3,5-11,13,15-16,20H,1,4,12,14,17H2,2H3,(H,29,30,35)/t20-/m1/s1. The Morgan fingerprint density at radius 1 is 1.19 bits per heavy atom. The number of benzene rings is 1. The quantitative estimate of drug-likeness (QED) is 0.400. The fourth-order valence-electron chi connectivity index (χ4n) is 4.47. The van der Waals surface area contributed by atoms with Gasteiger partial charge in [-0.1, -0.05) is 24.8 Å². The summed E-state index contributed by atoms with van der Waals surface area (Å²) >= 11 is 0. The second-order valence-electron chi connectivity index (χ2n) is 8.44. The molecule has 36 heavy (non-hydrogen) atoms. The number of aromatic nitrogens is 4. The molecule has 4 heterocycles. The number of fused-ring (bicyclic) bond motifs is 1. The molecular formula is C27H26N6O3. The first-order chi connectivity index (χ1) is 17.6. The number of amides is 2. The Morgan fingerprint density at radius 3 is 2.75 bits per heavy atom. The van der Waals surface area contributed by atoms with Crippen LogP contribution in [0.4, 0.5) is 5.82 Å². The summed E-state index contributed by atoms with van der Waals surface area (Å²) in [6.45, 7) is 7.22. The van der Waals surface area contributed by atoms with E-state index in [0.29, 0.717) is 37.0 Å². The average Bonchev–Trinajstić information content (AvgIpc) is 3.55. The van der Waals surface area contributed by atoms with Crippen LogP contribution in [0.2, 0.25) is 0 Å². The number of imidazole rings is 1. The van der Waals surface area contributed by atoms with Gasteiger partial charge in [-0.05, 0) is 43.7 Å².